The Kier molecular flexibility index (Phi) is 4.41. The molecule has 1 radical (unpaired) electrons. The van der Waals surface area contributed by atoms with Crippen molar-refractivity contribution >= 4 is 0 Å². The average Bonchev–Trinajstić information content (AvgIpc) is 1.82. The second-order valence-corrected chi connectivity index (χ2v) is 2.37. The lowest BCUT2D eigenvalue weighted by Crippen LogP contribution is -2.05. The van der Waals surface area contributed by atoms with E-state index in [1.165, 1.54) is 0 Å². The van der Waals surface area contributed by atoms with E-state index in [0.29, 0.717) is 12.5 Å². The zero-order chi connectivity index (χ0) is 7.28. The van der Waals surface area contributed by atoms with Gasteiger partial charge in [0, 0.05) is 0 Å². The fourth-order valence-electron chi connectivity index (χ4n) is 0.357. The summed E-state index contributed by atoms with van der Waals surface area (Å²) in [5, 5.41) is 0. The van der Waals surface area contributed by atoms with Gasteiger partial charge in [0.05, 0.1) is 12.7 Å². The molecule has 1 nitrogen and oxygen atoms in total. The van der Waals surface area contributed by atoms with Gasteiger partial charge in [-0.2, -0.15) is 0 Å². The Morgan fingerprint density at radius 1 is 1.67 bits per heavy atom. The maximum Gasteiger partial charge on any atom is 0.0969 e. The second kappa shape index (κ2) is 4.57. The molecule has 0 aromatic heterocycles. The van der Waals surface area contributed by atoms with Crippen molar-refractivity contribution in [1.29, 1.82) is 0 Å². The first-order chi connectivity index (χ1) is 4.18. The van der Waals surface area contributed by atoms with E-state index in [1.807, 2.05) is 6.92 Å². The molecule has 53 valence electrons. The SMILES string of the molecule is C=CCO[C](C)C(C)C. The summed E-state index contributed by atoms with van der Waals surface area (Å²) in [6.45, 7) is 10.4. The minimum absolute atomic E-state index is 0.518. The molecule has 0 aliphatic carbocycles. The summed E-state index contributed by atoms with van der Waals surface area (Å²) < 4.78 is 5.25. The molecule has 1 heteroatoms. The zero-order valence-corrected chi connectivity index (χ0v) is 6.48. The van der Waals surface area contributed by atoms with Crippen LogP contribution in [0.25, 0.3) is 0 Å². The van der Waals surface area contributed by atoms with E-state index in [9.17, 15) is 0 Å². The maximum absolute atomic E-state index is 5.25. The molecule has 0 bridgehead atoms. The second-order valence-electron chi connectivity index (χ2n) is 2.37. The zero-order valence-electron chi connectivity index (χ0n) is 6.48. The van der Waals surface area contributed by atoms with E-state index >= 15 is 0 Å². The third kappa shape index (κ3) is 4.22. The van der Waals surface area contributed by atoms with E-state index in [4.69, 9.17) is 4.74 Å². The highest BCUT2D eigenvalue weighted by molar-refractivity contribution is 4.77. The minimum Gasteiger partial charge on any atom is -0.368 e. The predicted molar refractivity (Wildman–Crippen MR) is 39.9 cm³/mol. The van der Waals surface area contributed by atoms with Gasteiger partial charge in [0.2, 0.25) is 0 Å². The Bertz CT molecular complexity index is 76.6. The smallest absolute Gasteiger partial charge is 0.0969 e. The molecule has 0 aromatic carbocycles. The van der Waals surface area contributed by atoms with Crippen LogP contribution in [-0.2, 0) is 4.74 Å². The molecule has 0 saturated heterocycles. The van der Waals surface area contributed by atoms with E-state index in [1.54, 1.807) is 6.08 Å². The van der Waals surface area contributed by atoms with Gasteiger partial charge in [-0.1, -0.05) is 19.9 Å². The molecule has 0 aliphatic rings. The van der Waals surface area contributed by atoms with Crippen molar-refractivity contribution in [1.82, 2.24) is 0 Å². The summed E-state index contributed by atoms with van der Waals surface area (Å²) in [7, 11) is 0. The lowest BCUT2D eigenvalue weighted by Gasteiger charge is -2.13. The van der Waals surface area contributed by atoms with Crippen LogP contribution in [0.2, 0.25) is 0 Å². The number of hydrogen-bond acceptors (Lipinski definition) is 1. The van der Waals surface area contributed by atoms with E-state index in [-0.39, 0.29) is 0 Å². The van der Waals surface area contributed by atoms with Crippen molar-refractivity contribution in [3.05, 3.63) is 18.8 Å². The van der Waals surface area contributed by atoms with Crippen LogP contribution in [0.15, 0.2) is 12.7 Å². The van der Waals surface area contributed by atoms with Crippen LogP contribution >= 0.6 is 0 Å². The highest BCUT2D eigenvalue weighted by Crippen LogP contribution is 2.12. The largest absolute Gasteiger partial charge is 0.368 e. The maximum atomic E-state index is 5.25. The fraction of sp³-hybridized carbons (Fsp3) is 0.625. The van der Waals surface area contributed by atoms with Crippen LogP contribution in [0, 0.1) is 12.0 Å². The van der Waals surface area contributed by atoms with Gasteiger partial charge >= 0.3 is 0 Å². The van der Waals surface area contributed by atoms with Crippen molar-refractivity contribution in [2.24, 2.45) is 5.92 Å². The molecule has 0 amide bonds. The van der Waals surface area contributed by atoms with E-state index in [2.05, 4.69) is 20.4 Å². The van der Waals surface area contributed by atoms with E-state index in [0.717, 1.165) is 6.10 Å². The molecule has 0 heterocycles. The normalized spacial score (nSPS) is 10.8. The van der Waals surface area contributed by atoms with Gasteiger partial charge in [-0.15, -0.1) is 6.58 Å². The van der Waals surface area contributed by atoms with Crippen molar-refractivity contribution in [2.45, 2.75) is 20.8 Å². The molecule has 0 aromatic rings. The van der Waals surface area contributed by atoms with Crippen LogP contribution in [0.4, 0.5) is 0 Å². The minimum atomic E-state index is 0.518. The standard InChI is InChI=1S/C8H15O/c1-5-6-9-8(4)7(2)3/h5,7H,1,6H2,2-4H3. The molecule has 0 N–H and O–H groups in total. The van der Waals surface area contributed by atoms with Gasteiger partial charge in [-0.05, 0) is 12.8 Å². The fourth-order valence-corrected chi connectivity index (χ4v) is 0.357. The Morgan fingerprint density at radius 3 is 2.56 bits per heavy atom. The van der Waals surface area contributed by atoms with Crippen molar-refractivity contribution in [3.63, 3.8) is 0 Å². The van der Waals surface area contributed by atoms with Gasteiger partial charge in [-0.25, -0.2) is 0 Å². The Hall–Kier alpha value is -0.300. The molecule has 0 atom stereocenters. The molecule has 0 rings (SSSR count). The third-order valence-corrected chi connectivity index (χ3v) is 1.24. The summed E-state index contributed by atoms with van der Waals surface area (Å²) in [6, 6.07) is 0. The Labute approximate surface area is 57.7 Å². The number of hydrogen-bond donors (Lipinski definition) is 0. The van der Waals surface area contributed by atoms with Gasteiger partial charge in [-0.3, -0.25) is 0 Å². The molecule has 0 fully saturated rings. The Balaban J connectivity index is 3.26. The monoisotopic (exact) mass is 127 g/mol. The average molecular weight is 127 g/mol. The lowest BCUT2D eigenvalue weighted by molar-refractivity contribution is 0.145. The molecular weight excluding hydrogens is 112 g/mol. The first-order valence-electron chi connectivity index (χ1n) is 3.25. The van der Waals surface area contributed by atoms with Gasteiger partial charge in [0.15, 0.2) is 0 Å². The number of rotatable bonds is 4. The van der Waals surface area contributed by atoms with Gasteiger partial charge in [0.25, 0.3) is 0 Å². The summed E-state index contributed by atoms with van der Waals surface area (Å²) in [6.07, 6.45) is 2.83. The molecular formula is C8H15O. The number of ether oxygens (including phenoxy) is 1. The first kappa shape index (κ1) is 8.70. The quantitative estimate of drug-likeness (QED) is 0.527. The summed E-state index contributed by atoms with van der Waals surface area (Å²) in [4.78, 5) is 0. The predicted octanol–water partition coefficient (Wildman–Crippen LogP) is 2.40. The van der Waals surface area contributed by atoms with Crippen LogP contribution in [-0.4, -0.2) is 6.61 Å². The molecule has 0 spiro atoms. The molecule has 0 unspecified atom stereocenters. The van der Waals surface area contributed by atoms with Crippen molar-refractivity contribution in [2.75, 3.05) is 6.61 Å². The van der Waals surface area contributed by atoms with E-state index < -0.39 is 0 Å². The Morgan fingerprint density at radius 2 is 2.22 bits per heavy atom. The van der Waals surface area contributed by atoms with Crippen LogP contribution in [0.3, 0.4) is 0 Å². The highest BCUT2D eigenvalue weighted by Gasteiger charge is 2.05. The molecule has 0 aliphatic heterocycles. The molecule has 0 saturated carbocycles. The topological polar surface area (TPSA) is 9.23 Å². The summed E-state index contributed by atoms with van der Waals surface area (Å²) in [5.74, 6) is 0.518. The summed E-state index contributed by atoms with van der Waals surface area (Å²) in [5.41, 5.74) is 0. The van der Waals surface area contributed by atoms with Crippen molar-refractivity contribution in [3.8, 4) is 0 Å². The van der Waals surface area contributed by atoms with Crippen molar-refractivity contribution < 1.29 is 4.74 Å². The third-order valence-electron chi connectivity index (χ3n) is 1.24. The van der Waals surface area contributed by atoms with Crippen LogP contribution < -0.4 is 0 Å². The molecule has 9 heavy (non-hydrogen) atoms. The van der Waals surface area contributed by atoms with Gasteiger partial charge < -0.3 is 4.74 Å². The lowest BCUT2D eigenvalue weighted by atomic mass is 10.1. The van der Waals surface area contributed by atoms with Crippen LogP contribution in [0.5, 0.6) is 0 Å². The van der Waals surface area contributed by atoms with Crippen LogP contribution in [0.1, 0.15) is 20.8 Å². The first-order valence-corrected chi connectivity index (χ1v) is 3.25. The van der Waals surface area contributed by atoms with Gasteiger partial charge in [0.1, 0.15) is 0 Å². The summed E-state index contributed by atoms with van der Waals surface area (Å²) >= 11 is 0. The highest BCUT2D eigenvalue weighted by atomic mass is 16.5.